The predicted molar refractivity (Wildman–Crippen MR) is 135 cm³/mol. The maximum Gasteiger partial charge on any atom is 0.332 e. The lowest BCUT2D eigenvalue weighted by Gasteiger charge is -2.24. The Morgan fingerprint density at radius 3 is 2.51 bits per heavy atom. The number of nitrogens with zero attached hydrogens (tertiary/aromatic N) is 4. The molecule has 4 amide bonds. The van der Waals surface area contributed by atoms with Crippen molar-refractivity contribution in [3.05, 3.63) is 46.6 Å². The smallest absolute Gasteiger partial charge is 0.332 e. The minimum atomic E-state index is -0.616. The van der Waals surface area contributed by atoms with Crippen LogP contribution in [0.3, 0.4) is 0 Å². The number of aromatic nitrogens is 2. The second-order valence-corrected chi connectivity index (χ2v) is 9.94. The van der Waals surface area contributed by atoms with Gasteiger partial charge in [0, 0.05) is 19.3 Å². The number of carbonyl (C=O) groups is 3. The Labute approximate surface area is 210 Å². The number of anilines is 2. The molecule has 2 unspecified atom stereocenters. The zero-order valence-electron chi connectivity index (χ0n) is 20.4. The summed E-state index contributed by atoms with van der Waals surface area (Å²) in [6, 6.07) is 5.92. The molecular weight excluding hydrogens is 468 g/mol. The monoisotopic (exact) mass is 498 g/mol. The first-order valence-electron chi connectivity index (χ1n) is 12.0. The third kappa shape index (κ3) is 5.10. The van der Waals surface area contributed by atoms with Gasteiger partial charge in [-0.25, -0.2) is 9.78 Å². The van der Waals surface area contributed by atoms with E-state index in [-0.39, 0.29) is 29.8 Å². The van der Waals surface area contributed by atoms with Crippen molar-refractivity contribution in [1.82, 2.24) is 20.2 Å². The van der Waals surface area contributed by atoms with Crippen molar-refractivity contribution in [2.75, 3.05) is 17.3 Å². The summed E-state index contributed by atoms with van der Waals surface area (Å²) in [6.45, 7) is 5.72. The van der Waals surface area contributed by atoms with Crippen molar-refractivity contribution in [2.45, 2.75) is 64.6 Å². The second-order valence-electron chi connectivity index (χ2n) is 9.54. The molecule has 1 saturated carbocycles. The highest BCUT2D eigenvalue weighted by atomic mass is 35.5. The van der Waals surface area contributed by atoms with Gasteiger partial charge < -0.3 is 10.6 Å². The van der Waals surface area contributed by atoms with Gasteiger partial charge in [-0.2, -0.15) is 4.98 Å². The number of nitrogens with one attached hydrogen (secondary N) is 2. The van der Waals surface area contributed by atoms with Crippen molar-refractivity contribution < 1.29 is 14.4 Å². The fraction of sp³-hybridized carbons (Fsp3) is 0.480. The van der Waals surface area contributed by atoms with E-state index in [9.17, 15) is 14.4 Å². The Balaban J connectivity index is 1.49. The molecule has 1 aromatic carbocycles. The molecule has 0 bridgehead atoms. The van der Waals surface area contributed by atoms with Crippen LogP contribution in [0.1, 0.15) is 68.4 Å². The van der Waals surface area contributed by atoms with Crippen LogP contribution in [0.25, 0.3) is 0 Å². The molecule has 1 aromatic heterocycles. The Morgan fingerprint density at radius 2 is 1.86 bits per heavy atom. The maximum atomic E-state index is 12.7. The molecule has 4 rings (SSSR count). The number of likely N-dealkylation sites (N-methyl/N-ethyl adjacent to an activating group) is 1. The fourth-order valence-electron chi connectivity index (χ4n) is 4.66. The van der Waals surface area contributed by atoms with Crippen LogP contribution in [0.2, 0.25) is 5.02 Å². The number of hydrogen-bond donors (Lipinski definition) is 2. The Morgan fingerprint density at radius 1 is 1.14 bits per heavy atom. The van der Waals surface area contributed by atoms with E-state index >= 15 is 0 Å². The summed E-state index contributed by atoms with van der Waals surface area (Å²) in [5.41, 5.74) is 1.31. The molecule has 10 heteroatoms. The van der Waals surface area contributed by atoms with Gasteiger partial charge in [-0.05, 0) is 49.4 Å². The summed E-state index contributed by atoms with van der Waals surface area (Å²) in [6.07, 6.45) is 5.84. The van der Waals surface area contributed by atoms with Crippen molar-refractivity contribution in [3.63, 3.8) is 0 Å². The molecule has 2 aromatic rings. The van der Waals surface area contributed by atoms with E-state index < -0.39 is 12.1 Å². The van der Waals surface area contributed by atoms with E-state index in [2.05, 4.69) is 20.6 Å². The van der Waals surface area contributed by atoms with Crippen LogP contribution in [0, 0.1) is 5.92 Å². The molecule has 2 atom stereocenters. The Bertz CT molecular complexity index is 1130. The standard InChI is InChI=1S/C25H31ClN6O3/c1-14(2)21-23(34)31(4)25(35)32(21)20-11-12-27-24(30-20)28-15(3)16-9-10-18(19(26)13-16)22(33)29-17-7-5-6-8-17/h9-15,17,21H,5-8H2,1-4H3,(H,29,33)(H,27,28,30). The van der Waals surface area contributed by atoms with E-state index in [0.717, 1.165) is 36.1 Å². The average molecular weight is 499 g/mol. The minimum absolute atomic E-state index is 0.0757. The first-order chi connectivity index (χ1) is 16.7. The largest absolute Gasteiger partial charge is 0.349 e. The van der Waals surface area contributed by atoms with Gasteiger partial charge in [-0.1, -0.05) is 44.4 Å². The van der Waals surface area contributed by atoms with Crippen LogP contribution in [0.4, 0.5) is 16.6 Å². The topological polar surface area (TPSA) is 108 Å². The van der Waals surface area contributed by atoms with Gasteiger partial charge in [0.15, 0.2) is 0 Å². The molecule has 35 heavy (non-hydrogen) atoms. The molecule has 1 aliphatic carbocycles. The molecule has 2 aliphatic rings. The van der Waals surface area contributed by atoms with Crippen LogP contribution in [-0.4, -0.2) is 51.8 Å². The molecule has 0 radical (unpaired) electrons. The second kappa shape index (κ2) is 10.2. The summed E-state index contributed by atoms with van der Waals surface area (Å²) in [5.74, 6) is 0.186. The predicted octanol–water partition coefficient (Wildman–Crippen LogP) is 4.40. The highest BCUT2D eigenvalue weighted by Gasteiger charge is 2.46. The van der Waals surface area contributed by atoms with Crippen molar-refractivity contribution in [3.8, 4) is 0 Å². The molecular formula is C25H31ClN6O3. The number of amides is 4. The normalized spacial score (nSPS) is 19.5. The molecule has 1 aliphatic heterocycles. The van der Waals surface area contributed by atoms with Crippen molar-refractivity contribution in [2.24, 2.45) is 5.92 Å². The van der Waals surface area contributed by atoms with Gasteiger partial charge in [-0.15, -0.1) is 0 Å². The van der Waals surface area contributed by atoms with Gasteiger partial charge in [0.25, 0.3) is 11.8 Å². The molecule has 1 saturated heterocycles. The van der Waals surface area contributed by atoms with Crippen molar-refractivity contribution >= 4 is 41.2 Å². The number of benzene rings is 1. The van der Waals surface area contributed by atoms with E-state index in [1.165, 1.54) is 11.9 Å². The van der Waals surface area contributed by atoms with E-state index in [1.54, 1.807) is 24.4 Å². The maximum absolute atomic E-state index is 12.7. The van der Waals surface area contributed by atoms with Gasteiger partial charge in [0.1, 0.15) is 11.9 Å². The fourth-order valence-corrected chi connectivity index (χ4v) is 4.93. The first kappa shape index (κ1) is 24.9. The van der Waals surface area contributed by atoms with Crippen LogP contribution in [-0.2, 0) is 4.79 Å². The number of halogens is 1. The summed E-state index contributed by atoms with van der Waals surface area (Å²) < 4.78 is 0. The zero-order valence-corrected chi connectivity index (χ0v) is 21.2. The van der Waals surface area contributed by atoms with E-state index in [1.807, 2.05) is 26.8 Å². The van der Waals surface area contributed by atoms with Crippen LogP contribution < -0.4 is 15.5 Å². The SMILES string of the molecule is CC(Nc1nccc(N2C(=O)N(C)C(=O)C2C(C)C)n1)c1ccc(C(=O)NC2CCCC2)c(Cl)c1. The summed E-state index contributed by atoms with van der Waals surface area (Å²) in [7, 11) is 1.48. The van der Waals surface area contributed by atoms with E-state index in [4.69, 9.17) is 11.6 Å². The molecule has 2 heterocycles. The lowest BCUT2D eigenvalue weighted by Crippen LogP contribution is -2.39. The number of imide groups is 1. The van der Waals surface area contributed by atoms with Gasteiger partial charge in [0.2, 0.25) is 5.95 Å². The lowest BCUT2D eigenvalue weighted by atomic mass is 10.0. The van der Waals surface area contributed by atoms with E-state index in [0.29, 0.717) is 22.4 Å². The van der Waals surface area contributed by atoms with Gasteiger partial charge in [-0.3, -0.25) is 19.4 Å². The Kier molecular flexibility index (Phi) is 7.25. The van der Waals surface area contributed by atoms with Crippen LogP contribution in [0.5, 0.6) is 0 Å². The third-order valence-electron chi connectivity index (χ3n) is 6.65. The number of rotatable bonds is 7. The zero-order chi connectivity index (χ0) is 25.3. The summed E-state index contributed by atoms with van der Waals surface area (Å²) in [5, 5.41) is 6.66. The first-order valence-corrected chi connectivity index (χ1v) is 12.4. The number of hydrogen-bond acceptors (Lipinski definition) is 6. The Hall–Kier alpha value is -3.20. The molecule has 9 nitrogen and oxygen atoms in total. The van der Waals surface area contributed by atoms with Gasteiger partial charge >= 0.3 is 6.03 Å². The summed E-state index contributed by atoms with van der Waals surface area (Å²) in [4.78, 5) is 49.2. The molecule has 2 N–H and O–H groups in total. The highest BCUT2D eigenvalue weighted by Crippen LogP contribution is 2.29. The molecule has 2 fully saturated rings. The number of carbonyl (C=O) groups excluding carboxylic acids is 3. The van der Waals surface area contributed by atoms with Crippen LogP contribution in [0.15, 0.2) is 30.5 Å². The van der Waals surface area contributed by atoms with Crippen LogP contribution >= 0.6 is 11.6 Å². The van der Waals surface area contributed by atoms with Gasteiger partial charge in [0.05, 0.1) is 16.6 Å². The average Bonchev–Trinajstić information content (AvgIpc) is 3.41. The minimum Gasteiger partial charge on any atom is -0.349 e. The number of urea groups is 1. The molecule has 186 valence electrons. The van der Waals surface area contributed by atoms with Crippen molar-refractivity contribution in [1.29, 1.82) is 0 Å². The highest BCUT2D eigenvalue weighted by molar-refractivity contribution is 6.33. The summed E-state index contributed by atoms with van der Waals surface area (Å²) >= 11 is 6.46. The lowest BCUT2D eigenvalue weighted by molar-refractivity contribution is -0.127. The molecule has 0 spiro atoms. The third-order valence-corrected chi connectivity index (χ3v) is 6.96. The quantitative estimate of drug-likeness (QED) is 0.548.